The van der Waals surface area contributed by atoms with E-state index in [0.29, 0.717) is 28.9 Å². The highest BCUT2D eigenvalue weighted by Crippen LogP contribution is 2.25. The topological polar surface area (TPSA) is 88.9 Å². The molecule has 2 aromatic heterocycles. The van der Waals surface area contributed by atoms with Gasteiger partial charge in [0.15, 0.2) is 5.65 Å². The van der Waals surface area contributed by atoms with Gasteiger partial charge >= 0.3 is 0 Å². The van der Waals surface area contributed by atoms with Crippen molar-refractivity contribution in [3.05, 3.63) is 53.5 Å². The second-order valence-corrected chi connectivity index (χ2v) is 6.28. The smallest absolute Gasteiger partial charge is 0.257 e. The lowest BCUT2D eigenvalue weighted by atomic mass is 10.1. The van der Waals surface area contributed by atoms with Gasteiger partial charge in [-0.05, 0) is 32.0 Å². The van der Waals surface area contributed by atoms with Crippen LogP contribution in [0.3, 0.4) is 0 Å². The molecule has 0 spiro atoms. The maximum Gasteiger partial charge on any atom is 0.257 e. The Bertz CT molecular complexity index is 1010. The Morgan fingerprint density at radius 2 is 2.16 bits per heavy atom. The van der Waals surface area contributed by atoms with Crippen molar-refractivity contribution in [2.24, 2.45) is 0 Å². The van der Waals surface area contributed by atoms with E-state index in [2.05, 4.69) is 34.4 Å². The number of rotatable bonds is 3. The van der Waals surface area contributed by atoms with E-state index in [1.165, 1.54) is 0 Å². The number of hydrogen-bond acceptors (Lipinski definition) is 4. The van der Waals surface area contributed by atoms with Crippen molar-refractivity contribution in [1.29, 1.82) is 0 Å². The van der Waals surface area contributed by atoms with Gasteiger partial charge in [-0.25, -0.2) is 9.97 Å². The van der Waals surface area contributed by atoms with Gasteiger partial charge in [0.2, 0.25) is 0 Å². The molecular weight excluding hydrogens is 318 g/mol. The Balaban J connectivity index is 1.64. The largest absolute Gasteiger partial charge is 0.348 e. The van der Waals surface area contributed by atoms with Crippen molar-refractivity contribution in [3.63, 3.8) is 0 Å². The first-order valence-corrected chi connectivity index (χ1v) is 8.08. The molecule has 0 atom stereocenters. The number of pyridine rings is 1. The summed E-state index contributed by atoms with van der Waals surface area (Å²) in [6.07, 6.45) is 3.27. The molecule has 0 unspecified atom stereocenters. The maximum atomic E-state index is 12.6. The van der Waals surface area contributed by atoms with E-state index in [1.807, 2.05) is 4.57 Å². The lowest BCUT2D eigenvalue weighted by molar-refractivity contribution is 0.0964. The molecule has 0 bridgehead atoms. The van der Waals surface area contributed by atoms with Crippen LogP contribution < -0.4 is 10.6 Å². The van der Waals surface area contributed by atoms with Crippen molar-refractivity contribution in [2.45, 2.75) is 26.4 Å². The first kappa shape index (κ1) is 15.3. The number of aromatic nitrogens is 3. The fourth-order valence-corrected chi connectivity index (χ4v) is 2.99. The fraction of sp³-hybridized carbons (Fsp3) is 0.222. The zero-order chi connectivity index (χ0) is 17.6. The molecule has 4 rings (SSSR count). The number of anilines is 1. The average Bonchev–Trinajstić information content (AvgIpc) is 3.19. The minimum absolute atomic E-state index is 0.117. The van der Waals surface area contributed by atoms with Crippen LogP contribution in [0.1, 0.15) is 46.2 Å². The summed E-state index contributed by atoms with van der Waals surface area (Å²) in [6.45, 7) is 4.52. The number of nitrogens with one attached hydrogen (secondary N) is 2. The summed E-state index contributed by atoms with van der Waals surface area (Å²) in [5, 5.41) is 5.63. The lowest BCUT2D eigenvalue weighted by Gasteiger charge is -2.10. The lowest BCUT2D eigenvalue weighted by Crippen LogP contribution is -2.14. The van der Waals surface area contributed by atoms with Gasteiger partial charge in [-0.3, -0.25) is 9.59 Å². The quantitative estimate of drug-likeness (QED) is 0.770. The van der Waals surface area contributed by atoms with Crippen LogP contribution in [0.15, 0.2) is 36.8 Å². The van der Waals surface area contributed by atoms with E-state index >= 15 is 0 Å². The molecule has 2 amide bonds. The molecule has 1 aromatic carbocycles. The summed E-state index contributed by atoms with van der Waals surface area (Å²) in [5.41, 5.74) is 3.89. The molecule has 3 heterocycles. The molecule has 7 nitrogen and oxygen atoms in total. The van der Waals surface area contributed by atoms with Crippen LogP contribution in [0.4, 0.5) is 5.69 Å². The van der Waals surface area contributed by atoms with Crippen LogP contribution in [0.2, 0.25) is 0 Å². The first-order valence-electron chi connectivity index (χ1n) is 8.08. The van der Waals surface area contributed by atoms with Crippen molar-refractivity contribution < 1.29 is 9.59 Å². The molecule has 2 N–H and O–H groups in total. The predicted molar refractivity (Wildman–Crippen MR) is 93.5 cm³/mol. The van der Waals surface area contributed by atoms with Gasteiger partial charge in [-0.1, -0.05) is 6.07 Å². The minimum atomic E-state index is -0.277. The molecule has 126 valence electrons. The molecule has 1 aliphatic rings. The van der Waals surface area contributed by atoms with Crippen molar-refractivity contribution in [2.75, 3.05) is 5.32 Å². The fourth-order valence-electron chi connectivity index (χ4n) is 2.99. The van der Waals surface area contributed by atoms with Gasteiger partial charge in [0.05, 0.1) is 11.9 Å². The van der Waals surface area contributed by atoms with Crippen molar-refractivity contribution in [3.8, 4) is 0 Å². The number of fused-ring (bicyclic) bond motifs is 2. The van der Waals surface area contributed by atoms with Crippen LogP contribution in [0.5, 0.6) is 0 Å². The molecule has 0 saturated carbocycles. The van der Waals surface area contributed by atoms with E-state index in [9.17, 15) is 9.59 Å². The number of carbonyl (C=O) groups is 2. The second-order valence-electron chi connectivity index (χ2n) is 6.28. The summed E-state index contributed by atoms with van der Waals surface area (Å²) < 4.78 is 1.96. The molecule has 3 aromatic rings. The van der Waals surface area contributed by atoms with Crippen LogP contribution in [-0.4, -0.2) is 26.3 Å². The Kier molecular flexibility index (Phi) is 3.49. The normalized spacial score (nSPS) is 13.2. The predicted octanol–water partition coefficient (Wildman–Crippen LogP) is 2.51. The van der Waals surface area contributed by atoms with E-state index in [4.69, 9.17) is 0 Å². The molecule has 0 radical (unpaired) electrons. The number of carbonyl (C=O) groups excluding carboxylic acids is 2. The van der Waals surface area contributed by atoms with Gasteiger partial charge in [-0.2, -0.15) is 0 Å². The summed E-state index contributed by atoms with van der Waals surface area (Å²) in [4.78, 5) is 33.0. The van der Waals surface area contributed by atoms with E-state index in [1.54, 1.807) is 36.8 Å². The zero-order valence-electron chi connectivity index (χ0n) is 13.9. The van der Waals surface area contributed by atoms with Gasteiger partial charge in [-0.15, -0.1) is 0 Å². The number of hydrogen-bond donors (Lipinski definition) is 2. The van der Waals surface area contributed by atoms with Gasteiger partial charge in [0, 0.05) is 35.6 Å². The van der Waals surface area contributed by atoms with E-state index in [-0.39, 0.29) is 17.9 Å². The summed E-state index contributed by atoms with van der Waals surface area (Å²) in [5.74, 6) is -0.394. The number of nitrogens with zero attached hydrogens (tertiary/aromatic N) is 3. The Morgan fingerprint density at radius 1 is 1.32 bits per heavy atom. The highest BCUT2D eigenvalue weighted by atomic mass is 16.2. The minimum Gasteiger partial charge on any atom is -0.348 e. The van der Waals surface area contributed by atoms with Crippen LogP contribution in [0, 0.1) is 0 Å². The van der Waals surface area contributed by atoms with Crippen LogP contribution in [-0.2, 0) is 6.54 Å². The molecular formula is C18H17N5O2. The summed E-state index contributed by atoms with van der Waals surface area (Å²) in [6, 6.07) is 7.26. The molecule has 0 fully saturated rings. The third-order valence-corrected chi connectivity index (χ3v) is 4.33. The molecule has 25 heavy (non-hydrogen) atoms. The Morgan fingerprint density at radius 3 is 2.96 bits per heavy atom. The van der Waals surface area contributed by atoms with E-state index < -0.39 is 0 Å². The number of amides is 2. The van der Waals surface area contributed by atoms with Gasteiger partial charge in [0.25, 0.3) is 11.8 Å². The van der Waals surface area contributed by atoms with Crippen LogP contribution >= 0.6 is 0 Å². The third-order valence-electron chi connectivity index (χ3n) is 4.33. The SMILES string of the molecule is CC(C)n1cnc2cc(C(=O)Nc3cccc4c3CNC4=O)cnc21. The average molecular weight is 335 g/mol. The monoisotopic (exact) mass is 335 g/mol. The number of benzene rings is 1. The second kappa shape index (κ2) is 5.70. The van der Waals surface area contributed by atoms with Crippen molar-refractivity contribution in [1.82, 2.24) is 19.9 Å². The van der Waals surface area contributed by atoms with Crippen molar-refractivity contribution >= 4 is 28.7 Å². The molecule has 0 aliphatic carbocycles. The summed E-state index contributed by atoms with van der Waals surface area (Å²) in [7, 11) is 0. The molecule has 7 heteroatoms. The maximum absolute atomic E-state index is 12.6. The third kappa shape index (κ3) is 2.53. The highest BCUT2D eigenvalue weighted by molar-refractivity contribution is 6.07. The highest BCUT2D eigenvalue weighted by Gasteiger charge is 2.22. The molecule has 1 aliphatic heterocycles. The number of imidazole rings is 1. The van der Waals surface area contributed by atoms with Crippen LogP contribution in [0.25, 0.3) is 11.2 Å². The van der Waals surface area contributed by atoms with Gasteiger partial charge in [0.1, 0.15) is 5.52 Å². The standard InChI is InChI=1S/C18H17N5O2/c1-10(2)23-9-21-15-6-11(7-19-16(15)23)17(24)22-14-5-3-4-12-13(14)8-20-18(12)25/h3-7,9-10H,8H2,1-2H3,(H,20,25)(H,22,24). The summed E-state index contributed by atoms with van der Waals surface area (Å²) >= 11 is 0. The Hall–Kier alpha value is -3.22. The van der Waals surface area contributed by atoms with Gasteiger partial charge < -0.3 is 15.2 Å². The first-order chi connectivity index (χ1) is 12.0. The molecule has 0 saturated heterocycles. The zero-order valence-corrected chi connectivity index (χ0v) is 13.9. The Labute approximate surface area is 144 Å². The van der Waals surface area contributed by atoms with E-state index in [0.717, 1.165) is 11.2 Å².